The van der Waals surface area contributed by atoms with Gasteiger partial charge in [0.1, 0.15) is 29.1 Å². The van der Waals surface area contributed by atoms with Gasteiger partial charge in [-0.2, -0.15) is 0 Å². The van der Waals surface area contributed by atoms with Crippen molar-refractivity contribution in [2.45, 2.75) is 71.8 Å². The molecule has 0 amide bonds. The van der Waals surface area contributed by atoms with Crippen LogP contribution in [0.3, 0.4) is 0 Å². The number of hydrogen-bond donors (Lipinski definition) is 0. The summed E-state index contributed by atoms with van der Waals surface area (Å²) < 4.78 is 11.5. The zero-order chi connectivity index (χ0) is 20.1. The third kappa shape index (κ3) is 3.38. The number of rotatable bonds is 4. The van der Waals surface area contributed by atoms with E-state index in [4.69, 9.17) is 7.80 Å². The standard InChI is InChI=1S/C23H33IO4/c1-4-21(26)28-22-13(2)9-20-19-10-14(12-27-24)18-11-15(25)5-6-16(18)17(19)7-8-23(20,22)3/h11,13-14,16-17,19-20,22H,4-10,12H2,1-3H3/t13-,14?,16?,17?,19?,20?,22?,23?/m1/s1. The van der Waals surface area contributed by atoms with Gasteiger partial charge in [0.05, 0.1) is 6.61 Å². The summed E-state index contributed by atoms with van der Waals surface area (Å²) in [7, 11) is 0. The van der Waals surface area contributed by atoms with Crippen molar-refractivity contribution in [1.82, 2.24) is 0 Å². The fourth-order valence-corrected chi connectivity index (χ4v) is 7.80. The first-order valence-electron chi connectivity index (χ1n) is 11.1. The molecule has 28 heavy (non-hydrogen) atoms. The molecule has 0 aliphatic heterocycles. The highest BCUT2D eigenvalue weighted by molar-refractivity contribution is 14.1. The predicted octanol–water partition coefficient (Wildman–Crippen LogP) is 5.29. The second-order valence-corrected chi connectivity index (χ2v) is 10.5. The average Bonchev–Trinajstić information content (AvgIpc) is 2.93. The van der Waals surface area contributed by atoms with E-state index in [0.29, 0.717) is 60.7 Å². The van der Waals surface area contributed by atoms with E-state index in [9.17, 15) is 9.59 Å². The summed E-state index contributed by atoms with van der Waals surface area (Å²) in [4.78, 5) is 24.2. The third-order valence-corrected chi connectivity index (χ3v) is 8.90. The lowest BCUT2D eigenvalue weighted by Gasteiger charge is -2.55. The number of carbonyl (C=O) groups excluding carboxylic acids is 2. The number of halogens is 1. The maximum atomic E-state index is 12.1. The molecule has 7 unspecified atom stereocenters. The van der Waals surface area contributed by atoms with Gasteiger partial charge in [-0.1, -0.05) is 26.3 Å². The first kappa shape index (κ1) is 20.8. The summed E-state index contributed by atoms with van der Waals surface area (Å²) in [6.45, 7) is 7.23. The maximum Gasteiger partial charge on any atom is 0.305 e. The van der Waals surface area contributed by atoms with E-state index in [2.05, 4.69) is 13.8 Å². The van der Waals surface area contributed by atoms with Gasteiger partial charge in [0.15, 0.2) is 5.78 Å². The van der Waals surface area contributed by atoms with E-state index in [1.807, 2.05) is 36.0 Å². The van der Waals surface area contributed by atoms with Crippen molar-refractivity contribution in [3.05, 3.63) is 11.6 Å². The number of carbonyl (C=O) groups is 2. The van der Waals surface area contributed by atoms with Gasteiger partial charge in [0.2, 0.25) is 0 Å². The molecule has 0 aromatic heterocycles. The Morgan fingerprint density at radius 1 is 1.29 bits per heavy atom. The van der Waals surface area contributed by atoms with E-state index >= 15 is 0 Å². The Morgan fingerprint density at radius 3 is 2.79 bits per heavy atom. The van der Waals surface area contributed by atoms with Crippen LogP contribution in [0.4, 0.5) is 0 Å². The van der Waals surface area contributed by atoms with E-state index in [0.717, 1.165) is 25.7 Å². The van der Waals surface area contributed by atoms with Crippen molar-refractivity contribution in [2.24, 2.45) is 40.9 Å². The lowest BCUT2D eigenvalue weighted by Crippen LogP contribution is -2.50. The van der Waals surface area contributed by atoms with Crippen LogP contribution in [-0.4, -0.2) is 24.5 Å². The molecule has 0 heterocycles. The normalized spacial score (nSPS) is 44.9. The van der Waals surface area contributed by atoms with Crippen LogP contribution in [0.25, 0.3) is 0 Å². The lowest BCUT2D eigenvalue weighted by atomic mass is 9.50. The van der Waals surface area contributed by atoms with Crippen LogP contribution in [0.2, 0.25) is 0 Å². The van der Waals surface area contributed by atoms with Gasteiger partial charge in [-0.25, -0.2) is 0 Å². The van der Waals surface area contributed by atoms with Crippen LogP contribution < -0.4 is 0 Å². The fourth-order valence-electron chi connectivity index (χ4n) is 7.37. The molecule has 156 valence electrons. The Hall–Kier alpha value is -0.430. The quantitative estimate of drug-likeness (QED) is 0.389. The van der Waals surface area contributed by atoms with Crippen LogP contribution in [0.1, 0.15) is 65.7 Å². The van der Waals surface area contributed by atoms with Crippen molar-refractivity contribution in [2.75, 3.05) is 6.61 Å². The molecule has 5 heteroatoms. The smallest absolute Gasteiger partial charge is 0.305 e. The molecule has 0 radical (unpaired) electrons. The Bertz CT molecular complexity index is 674. The highest BCUT2D eigenvalue weighted by atomic mass is 127. The molecule has 0 N–H and O–H groups in total. The molecule has 0 spiro atoms. The number of ketones is 1. The molecule has 0 aromatic rings. The number of hydrogen-bond acceptors (Lipinski definition) is 4. The molecule has 4 aliphatic carbocycles. The highest BCUT2D eigenvalue weighted by Gasteiger charge is 2.60. The SMILES string of the molecule is CCC(=O)OC1[C@H](C)CC2C3CC(COI)C4=CC(=O)CCC4C3CCC21C. The molecule has 3 fully saturated rings. The Labute approximate surface area is 182 Å². The first-order chi connectivity index (χ1) is 13.4. The summed E-state index contributed by atoms with van der Waals surface area (Å²) in [5, 5.41) is 0. The van der Waals surface area contributed by atoms with E-state index in [-0.39, 0.29) is 17.5 Å². The van der Waals surface area contributed by atoms with Crippen molar-refractivity contribution in [1.29, 1.82) is 0 Å². The van der Waals surface area contributed by atoms with Crippen molar-refractivity contribution in [3.8, 4) is 0 Å². The van der Waals surface area contributed by atoms with Gasteiger partial charge in [0, 0.05) is 24.2 Å². The minimum Gasteiger partial charge on any atom is -0.461 e. The Morgan fingerprint density at radius 2 is 2.07 bits per heavy atom. The van der Waals surface area contributed by atoms with Gasteiger partial charge in [-0.15, -0.1) is 0 Å². The van der Waals surface area contributed by atoms with Crippen LogP contribution >= 0.6 is 23.0 Å². The molecule has 4 aliphatic rings. The largest absolute Gasteiger partial charge is 0.461 e. The molecule has 0 saturated heterocycles. The number of ether oxygens (including phenoxy) is 1. The van der Waals surface area contributed by atoms with Crippen LogP contribution in [-0.2, 0) is 17.4 Å². The number of fused-ring (bicyclic) bond motifs is 5. The van der Waals surface area contributed by atoms with E-state index < -0.39 is 0 Å². The molecular formula is C23H33IO4. The summed E-state index contributed by atoms with van der Waals surface area (Å²) in [6.07, 6.45) is 8.77. The van der Waals surface area contributed by atoms with Gasteiger partial charge < -0.3 is 7.80 Å². The lowest BCUT2D eigenvalue weighted by molar-refractivity contribution is -0.161. The summed E-state index contributed by atoms with van der Waals surface area (Å²) in [5.74, 6) is 3.50. The monoisotopic (exact) mass is 500 g/mol. The van der Waals surface area contributed by atoms with Crippen LogP contribution in [0, 0.1) is 40.9 Å². The predicted molar refractivity (Wildman–Crippen MR) is 116 cm³/mol. The summed E-state index contributed by atoms with van der Waals surface area (Å²) in [6, 6.07) is 0. The second kappa shape index (κ2) is 8.01. The van der Waals surface area contributed by atoms with Crippen molar-refractivity contribution in [3.63, 3.8) is 0 Å². The van der Waals surface area contributed by atoms with E-state index in [1.165, 1.54) is 12.0 Å². The van der Waals surface area contributed by atoms with Gasteiger partial charge >= 0.3 is 5.97 Å². The third-order valence-electron chi connectivity index (χ3n) is 8.54. The second-order valence-electron chi connectivity index (χ2n) is 9.92. The molecule has 8 atom stereocenters. The Balaban J connectivity index is 1.63. The summed E-state index contributed by atoms with van der Waals surface area (Å²) >= 11 is 1.99. The molecule has 4 nitrogen and oxygen atoms in total. The first-order valence-corrected chi connectivity index (χ1v) is 11.9. The zero-order valence-corrected chi connectivity index (χ0v) is 19.4. The van der Waals surface area contributed by atoms with Crippen molar-refractivity contribution >= 4 is 34.8 Å². The molecule has 4 rings (SSSR count). The van der Waals surface area contributed by atoms with E-state index in [1.54, 1.807) is 0 Å². The maximum absolute atomic E-state index is 12.1. The van der Waals surface area contributed by atoms with Crippen molar-refractivity contribution < 1.29 is 17.4 Å². The van der Waals surface area contributed by atoms with Crippen LogP contribution in [0.15, 0.2) is 11.6 Å². The minimum absolute atomic E-state index is 0.0510. The zero-order valence-electron chi connectivity index (χ0n) is 17.3. The molecular weight excluding hydrogens is 467 g/mol. The number of esters is 1. The Kier molecular flexibility index (Phi) is 5.96. The van der Waals surface area contributed by atoms with Gasteiger partial charge in [-0.05, 0) is 67.8 Å². The van der Waals surface area contributed by atoms with Gasteiger partial charge in [-0.3, -0.25) is 9.59 Å². The van der Waals surface area contributed by atoms with Gasteiger partial charge in [0.25, 0.3) is 0 Å². The summed E-state index contributed by atoms with van der Waals surface area (Å²) in [5.41, 5.74) is 1.46. The topological polar surface area (TPSA) is 52.6 Å². The highest BCUT2D eigenvalue weighted by Crippen LogP contribution is 2.64. The molecule has 0 bridgehead atoms. The average molecular weight is 500 g/mol. The molecule has 3 saturated carbocycles. The van der Waals surface area contributed by atoms with Crippen LogP contribution in [0.5, 0.6) is 0 Å². The minimum atomic E-state index is -0.0586. The molecule has 0 aromatic carbocycles. The fraction of sp³-hybridized carbons (Fsp3) is 0.826.